The lowest BCUT2D eigenvalue weighted by molar-refractivity contribution is -0.138. The highest BCUT2D eigenvalue weighted by Gasteiger charge is 2.44. The molecule has 2 fully saturated rings. The number of H-pyrrole nitrogens is 2. The Hall–Kier alpha value is -8.41. The number of benzene rings is 4. The number of primary amides is 1. The van der Waals surface area contributed by atoms with E-state index in [0.717, 1.165) is 21.8 Å². The third-order valence-corrected chi connectivity index (χ3v) is 12.6. The topological polar surface area (TPSA) is 257 Å². The second kappa shape index (κ2) is 16.6. The molecular weight excluding hydrogens is 843 g/mol. The molecule has 0 unspecified atom stereocenters. The summed E-state index contributed by atoms with van der Waals surface area (Å²) in [5.74, 6) is -3.94. The van der Waals surface area contributed by atoms with E-state index in [9.17, 15) is 33.6 Å². The molecule has 8 N–H and O–H groups in total. The van der Waals surface area contributed by atoms with Crippen molar-refractivity contribution >= 4 is 107 Å². The van der Waals surface area contributed by atoms with Crippen LogP contribution < -0.4 is 27.0 Å². The summed E-state index contributed by atoms with van der Waals surface area (Å²) in [5, 5.41) is 14.0. The maximum Gasteiger partial charge on any atom is 0.254 e. The third kappa shape index (κ3) is 7.40. The van der Waals surface area contributed by atoms with Gasteiger partial charge < -0.3 is 46.8 Å². The van der Waals surface area contributed by atoms with Crippen LogP contribution in [-0.2, 0) is 24.0 Å². The molecule has 2 aliphatic rings. The lowest BCUT2D eigenvalue weighted by Gasteiger charge is -2.25. The molecule has 4 aromatic heterocycles. The summed E-state index contributed by atoms with van der Waals surface area (Å²) >= 11 is 0. The van der Waals surface area contributed by atoms with Crippen molar-refractivity contribution in [2.75, 3.05) is 26.2 Å². The van der Waals surface area contributed by atoms with Gasteiger partial charge in [0.05, 0.1) is 57.3 Å². The highest BCUT2D eigenvalue weighted by Crippen LogP contribution is 2.33. The highest BCUT2D eigenvalue weighted by atomic mass is 16.2. The number of nitrogens with one attached hydrogen (secondary N) is 6. The lowest BCUT2D eigenvalue weighted by atomic mass is 10.1. The van der Waals surface area contributed by atoms with E-state index in [-0.39, 0.29) is 31.8 Å². The molecule has 7 amide bonds. The average Bonchev–Trinajstić information content (AvgIpc) is 4.11. The molecule has 332 valence electrons. The van der Waals surface area contributed by atoms with E-state index in [4.69, 9.17) is 15.7 Å². The Bertz CT molecular complexity index is 3360. The maximum atomic E-state index is 14.1. The van der Waals surface area contributed by atoms with Crippen molar-refractivity contribution < 1.29 is 33.6 Å². The van der Waals surface area contributed by atoms with Crippen LogP contribution in [0, 0.1) is 0 Å². The van der Waals surface area contributed by atoms with Crippen LogP contribution in [-0.4, -0.2) is 121 Å². The number of fused-ring (bicyclic) bond motifs is 8. The molecule has 8 aromatic rings. The first kappa shape index (κ1) is 41.6. The number of rotatable bonds is 10. The van der Waals surface area contributed by atoms with Gasteiger partial charge in [0.15, 0.2) is 0 Å². The number of nitrogens with zero attached hydrogens (tertiary/aromatic N) is 4. The van der Waals surface area contributed by atoms with Crippen LogP contribution in [0.15, 0.2) is 97.1 Å². The third-order valence-electron chi connectivity index (χ3n) is 12.6. The minimum atomic E-state index is -1.10. The van der Waals surface area contributed by atoms with Gasteiger partial charge >= 0.3 is 0 Å². The van der Waals surface area contributed by atoms with E-state index in [1.807, 2.05) is 66.7 Å². The molecule has 4 aromatic carbocycles. The number of likely N-dealkylation sites (tertiary alicyclic amines) is 2. The van der Waals surface area contributed by atoms with Crippen LogP contribution in [0.1, 0.15) is 40.5 Å². The molecule has 2 saturated heterocycles. The van der Waals surface area contributed by atoms with Crippen LogP contribution in [0.25, 0.3) is 65.7 Å². The molecule has 6 heterocycles. The smallest absolute Gasteiger partial charge is 0.254 e. The Morgan fingerprint density at radius 3 is 1.50 bits per heavy atom. The van der Waals surface area contributed by atoms with Crippen molar-refractivity contribution in [3.8, 4) is 0 Å². The number of aromatic nitrogens is 4. The summed E-state index contributed by atoms with van der Waals surface area (Å²) in [6.45, 7) is 0.287. The molecule has 0 bridgehead atoms. The Labute approximate surface area is 374 Å². The predicted octanol–water partition coefficient (Wildman–Crippen LogP) is 2.89. The van der Waals surface area contributed by atoms with Gasteiger partial charge in [0.25, 0.3) is 11.8 Å². The molecule has 66 heavy (non-hydrogen) atoms. The van der Waals surface area contributed by atoms with E-state index < -0.39 is 72.7 Å². The van der Waals surface area contributed by atoms with Crippen molar-refractivity contribution in [2.45, 2.75) is 43.9 Å². The van der Waals surface area contributed by atoms with Gasteiger partial charge in [0.1, 0.15) is 12.1 Å². The highest BCUT2D eigenvalue weighted by molar-refractivity contribution is 6.22. The summed E-state index contributed by atoms with van der Waals surface area (Å²) in [5.41, 5.74) is 11.4. The number of hydrogen-bond acceptors (Lipinski definition) is 9. The Morgan fingerprint density at radius 1 is 0.591 bits per heavy atom. The van der Waals surface area contributed by atoms with Gasteiger partial charge in [-0.2, -0.15) is 0 Å². The van der Waals surface area contributed by atoms with Crippen molar-refractivity contribution in [3.05, 3.63) is 108 Å². The van der Waals surface area contributed by atoms with Crippen molar-refractivity contribution in [2.24, 2.45) is 5.73 Å². The largest absolute Gasteiger partial charge is 0.368 e. The Morgan fingerprint density at radius 2 is 1.02 bits per heavy atom. The number of hydrogen-bond donors (Lipinski definition) is 7. The van der Waals surface area contributed by atoms with Crippen LogP contribution in [0.5, 0.6) is 0 Å². The van der Waals surface area contributed by atoms with Gasteiger partial charge in [0, 0.05) is 64.7 Å². The standard InChI is InChI=1S/C48H43N11O7/c1-24(60)52-25-19-36(59(22-25)38(62)21-51-48(66)40-28-11-3-7-15-32(28)55-42-30-13-5-9-17-34(30)57-44(40)42)46(64)53-26-18-35(45(49)63)58(23-26)37(61)20-50-47(65)39-27-10-2-6-14-31(27)54-41-29-12-4-8-16-33(29)56-43(39)41/h2-17,25-26,35-36,56-57H,18-23H2,1H3,(H2,49,63)(H,50,65)(H,51,66)(H,52,60)(H,53,64)/t25-,26-,35-,36-/m0/s1. The number of pyridine rings is 2. The van der Waals surface area contributed by atoms with E-state index in [1.165, 1.54) is 16.7 Å². The lowest BCUT2D eigenvalue weighted by Crippen LogP contribution is -2.51. The second-order valence-electron chi connectivity index (χ2n) is 16.8. The first-order chi connectivity index (χ1) is 31.9. The molecule has 2 aliphatic heterocycles. The van der Waals surface area contributed by atoms with Crippen LogP contribution in [0.4, 0.5) is 0 Å². The zero-order valence-electron chi connectivity index (χ0n) is 35.5. The number of para-hydroxylation sites is 4. The number of amides is 7. The minimum absolute atomic E-state index is 0.00666. The zero-order valence-corrected chi connectivity index (χ0v) is 35.5. The van der Waals surface area contributed by atoms with E-state index in [1.54, 1.807) is 30.3 Å². The molecule has 0 spiro atoms. The number of carbonyl (C=O) groups is 7. The van der Waals surface area contributed by atoms with Gasteiger partial charge in [-0.1, -0.05) is 72.8 Å². The molecular formula is C48H43N11O7. The van der Waals surface area contributed by atoms with Gasteiger partial charge in [0.2, 0.25) is 29.5 Å². The van der Waals surface area contributed by atoms with Gasteiger partial charge in [-0.3, -0.25) is 33.6 Å². The van der Waals surface area contributed by atoms with Gasteiger partial charge in [-0.05, 0) is 37.1 Å². The van der Waals surface area contributed by atoms with Gasteiger partial charge in [-0.15, -0.1) is 0 Å². The molecule has 18 heteroatoms. The fraction of sp³-hybridized carbons (Fsp3) is 0.229. The van der Waals surface area contributed by atoms with Crippen molar-refractivity contribution in [1.82, 2.24) is 51.0 Å². The summed E-state index contributed by atoms with van der Waals surface area (Å²) in [6, 6.07) is 26.0. The fourth-order valence-electron chi connectivity index (χ4n) is 9.62. The Balaban J connectivity index is 0.830. The fourth-order valence-corrected chi connectivity index (χ4v) is 9.62. The molecule has 0 radical (unpaired) electrons. The minimum Gasteiger partial charge on any atom is -0.368 e. The van der Waals surface area contributed by atoms with E-state index in [2.05, 4.69) is 31.2 Å². The molecule has 0 saturated carbocycles. The van der Waals surface area contributed by atoms with Crippen LogP contribution in [0.3, 0.4) is 0 Å². The molecule has 4 atom stereocenters. The summed E-state index contributed by atoms with van der Waals surface area (Å²) < 4.78 is 0. The first-order valence-corrected chi connectivity index (χ1v) is 21.5. The normalized spacial score (nSPS) is 18.4. The summed E-state index contributed by atoms with van der Waals surface area (Å²) in [4.78, 5) is 113. The quantitative estimate of drug-likeness (QED) is 0.106. The van der Waals surface area contributed by atoms with Gasteiger partial charge in [-0.25, -0.2) is 9.97 Å². The zero-order chi connectivity index (χ0) is 45.8. The van der Waals surface area contributed by atoms with Crippen LogP contribution >= 0.6 is 0 Å². The van der Waals surface area contributed by atoms with Crippen molar-refractivity contribution in [1.29, 1.82) is 0 Å². The second-order valence-corrected chi connectivity index (χ2v) is 16.8. The monoisotopic (exact) mass is 885 g/mol. The molecule has 18 nitrogen and oxygen atoms in total. The maximum absolute atomic E-state index is 14.1. The average molecular weight is 886 g/mol. The molecule has 0 aliphatic carbocycles. The number of nitrogens with two attached hydrogens (primary N) is 1. The first-order valence-electron chi connectivity index (χ1n) is 21.5. The van der Waals surface area contributed by atoms with Crippen LogP contribution in [0.2, 0.25) is 0 Å². The van der Waals surface area contributed by atoms with E-state index in [0.29, 0.717) is 55.0 Å². The summed E-state index contributed by atoms with van der Waals surface area (Å²) in [7, 11) is 0. The Kier molecular flexibility index (Phi) is 10.5. The van der Waals surface area contributed by atoms with Crippen molar-refractivity contribution in [3.63, 3.8) is 0 Å². The van der Waals surface area contributed by atoms with E-state index >= 15 is 0 Å². The SMILES string of the molecule is CC(=O)N[C@H]1C[C@@H](C(=O)N[C@H]2C[C@@H](C(N)=O)N(C(=O)CNC(=O)c3c4ccccc4nc4c3[nH]c3ccccc34)C2)N(C(=O)CNC(=O)c2c3ccccc3nc3c2[nH]c2ccccc23)C1. The number of carbonyl (C=O) groups excluding carboxylic acids is 7. The predicted molar refractivity (Wildman–Crippen MR) is 246 cm³/mol. The number of aromatic amines is 2. The summed E-state index contributed by atoms with van der Waals surface area (Å²) in [6.07, 6.45) is 0.0587. The molecule has 10 rings (SSSR count).